The van der Waals surface area contributed by atoms with Gasteiger partial charge in [0.1, 0.15) is 0 Å². The Labute approximate surface area is 97.4 Å². The number of fused-ring (bicyclic) bond motifs is 1. The fraction of sp³-hybridized carbons (Fsp3) is 0.923. The maximum Gasteiger partial charge on any atom is 0.223 e. The molecule has 2 aliphatic carbocycles. The van der Waals surface area contributed by atoms with Crippen LogP contribution in [0.4, 0.5) is 0 Å². The molecule has 3 rings (SSSR count). The standard InChI is InChI=1S/C13H22N2O/c1-8-6-14-7-11(8)15-13(16)12-9-4-2-3-5-10(9)12/h8-12,14H,2-7H2,1H3,(H,15,16). The average Bonchev–Trinajstić information content (AvgIpc) is 2.90. The smallest absolute Gasteiger partial charge is 0.223 e. The second-order valence-electron chi connectivity index (χ2n) is 5.89. The molecule has 1 aliphatic heterocycles. The van der Waals surface area contributed by atoms with E-state index in [1.807, 2.05) is 0 Å². The fourth-order valence-electron chi connectivity index (χ4n) is 3.66. The van der Waals surface area contributed by atoms with Crippen molar-refractivity contribution in [3.63, 3.8) is 0 Å². The largest absolute Gasteiger partial charge is 0.352 e. The van der Waals surface area contributed by atoms with Gasteiger partial charge in [0.2, 0.25) is 5.91 Å². The molecule has 90 valence electrons. The molecule has 1 heterocycles. The van der Waals surface area contributed by atoms with Crippen LogP contribution in [0.15, 0.2) is 0 Å². The van der Waals surface area contributed by atoms with Gasteiger partial charge in [0.25, 0.3) is 0 Å². The monoisotopic (exact) mass is 222 g/mol. The lowest BCUT2D eigenvalue weighted by Crippen LogP contribution is -2.40. The van der Waals surface area contributed by atoms with E-state index >= 15 is 0 Å². The molecular weight excluding hydrogens is 200 g/mol. The van der Waals surface area contributed by atoms with Crippen LogP contribution in [0.3, 0.4) is 0 Å². The maximum absolute atomic E-state index is 12.1. The molecule has 1 saturated heterocycles. The topological polar surface area (TPSA) is 41.1 Å². The van der Waals surface area contributed by atoms with Crippen LogP contribution >= 0.6 is 0 Å². The Morgan fingerprint density at radius 2 is 1.88 bits per heavy atom. The van der Waals surface area contributed by atoms with Gasteiger partial charge in [-0.25, -0.2) is 0 Å². The Kier molecular flexibility index (Phi) is 2.66. The highest BCUT2D eigenvalue weighted by Gasteiger charge is 2.54. The Morgan fingerprint density at radius 1 is 1.19 bits per heavy atom. The van der Waals surface area contributed by atoms with Crippen LogP contribution in [0.1, 0.15) is 32.6 Å². The summed E-state index contributed by atoms with van der Waals surface area (Å²) in [6, 6.07) is 0.371. The summed E-state index contributed by atoms with van der Waals surface area (Å²) in [5.74, 6) is 2.77. The van der Waals surface area contributed by atoms with E-state index in [1.54, 1.807) is 0 Å². The number of hydrogen-bond donors (Lipinski definition) is 2. The van der Waals surface area contributed by atoms with Crippen LogP contribution < -0.4 is 10.6 Å². The van der Waals surface area contributed by atoms with Gasteiger partial charge in [-0.15, -0.1) is 0 Å². The molecule has 4 unspecified atom stereocenters. The number of carbonyl (C=O) groups is 1. The summed E-state index contributed by atoms with van der Waals surface area (Å²) in [5, 5.41) is 6.58. The number of carbonyl (C=O) groups excluding carboxylic acids is 1. The summed E-state index contributed by atoms with van der Waals surface area (Å²) in [6.07, 6.45) is 5.26. The molecule has 0 aromatic heterocycles. The minimum Gasteiger partial charge on any atom is -0.352 e. The van der Waals surface area contributed by atoms with Gasteiger partial charge < -0.3 is 10.6 Å². The van der Waals surface area contributed by atoms with E-state index < -0.39 is 0 Å². The maximum atomic E-state index is 12.1. The molecule has 3 fully saturated rings. The first-order valence-electron chi connectivity index (χ1n) is 6.78. The minimum atomic E-state index is 0.345. The Morgan fingerprint density at radius 3 is 2.44 bits per heavy atom. The van der Waals surface area contributed by atoms with E-state index in [9.17, 15) is 4.79 Å². The Bertz CT molecular complexity index is 280. The zero-order valence-electron chi connectivity index (χ0n) is 10.0. The van der Waals surface area contributed by atoms with Gasteiger partial charge in [0, 0.05) is 18.5 Å². The van der Waals surface area contributed by atoms with E-state index in [-0.39, 0.29) is 0 Å². The van der Waals surface area contributed by atoms with Crippen molar-refractivity contribution in [3.05, 3.63) is 0 Å². The number of amides is 1. The van der Waals surface area contributed by atoms with Crippen molar-refractivity contribution >= 4 is 5.91 Å². The van der Waals surface area contributed by atoms with Crippen LogP contribution in [0.25, 0.3) is 0 Å². The molecule has 3 nitrogen and oxygen atoms in total. The quantitative estimate of drug-likeness (QED) is 0.736. The van der Waals surface area contributed by atoms with Gasteiger partial charge in [-0.05, 0) is 37.1 Å². The first kappa shape index (κ1) is 10.6. The van der Waals surface area contributed by atoms with Gasteiger partial charge in [0.05, 0.1) is 0 Å². The van der Waals surface area contributed by atoms with Crippen molar-refractivity contribution in [3.8, 4) is 0 Å². The van der Waals surface area contributed by atoms with Crippen LogP contribution in [0, 0.1) is 23.7 Å². The van der Waals surface area contributed by atoms with E-state index in [2.05, 4.69) is 17.6 Å². The number of hydrogen-bond acceptors (Lipinski definition) is 2. The summed E-state index contributed by atoms with van der Waals surface area (Å²) in [5.41, 5.74) is 0. The van der Waals surface area contributed by atoms with Crippen molar-refractivity contribution < 1.29 is 4.79 Å². The Hall–Kier alpha value is -0.570. The first-order chi connectivity index (χ1) is 7.77. The Balaban J connectivity index is 1.54. The molecule has 3 aliphatic rings. The first-order valence-corrected chi connectivity index (χ1v) is 6.78. The predicted octanol–water partition coefficient (Wildman–Crippen LogP) is 1.15. The third-order valence-corrected chi connectivity index (χ3v) is 4.80. The second kappa shape index (κ2) is 4.02. The van der Waals surface area contributed by atoms with Gasteiger partial charge >= 0.3 is 0 Å². The molecule has 16 heavy (non-hydrogen) atoms. The van der Waals surface area contributed by atoms with Crippen LogP contribution in [0.5, 0.6) is 0 Å². The van der Waals surface area contributed by atoms with Gasteiger partial charge in [0.15, 0.2) is 0 Å². The molecule has 0 spiro atoms. The van der Waals surface area contributed by atoms with Crippen LogP contribution in [-0.2, 0) is 4.79 Å². The predicted molar refractivity (Wildman–Crippen MR) is 62.9 cm³/mol. The molecular formula is C13H22N2O. The third kappa shape index (κ3) is 1.75. The molecule has 0 radical (unpaired) electrons. The second-order valence-corrected chi connectivity index (χ2v) is 5.89. The summed E-state index contributed by atoms with van der Waals surface area (Å²) >= 11 is 0. The molecule has 0 aromatic carbocycles. The van der Waals surface area contributed by atoms with Crippen molar-refractivity contribution in [2.75, 3.05) is 13.1 Å². The zero-order chi connectivity index (χ0) is 11.1. The van der Waals surface area contributed by atoms with E-state index in [0.717, 1.165) is 24.9 Å². The molecule has 1 amide bonds. The number of nitrogens with one attached hydrogen (secondary N) is 2. The van der Waals surface area contributed by atoms with Gasteiger partial charge in [-0.3, -0.25) is 4.79 Å². The highest BCUT2D eigenvalue weighted by molar-refractivity contribution is 5.82. The van der Waals surface area contributed by atoms with Crippen molar-refractivity contribution in [1.82, 2.24) is 10.6 Å². The van der Waals surface area contributed by atoms with E-state index in [0.29, 0.717) is 23.8 Å². The summed E-state index contributed by atoms with van der Waals surface area (Å²) in [7, 11) is 0. The van der Waals surface area contributed by atoms with E-state index in [1.165, 1.54) is 25.7 Å². The van der Waals surface area contributed by atoms with Crippen LogP contribution in [-0.4, -0.2) is 25.0 Å². The number of rotatable bonds is 2. The van der Waals surface area contributed by atoms with Crippen molar-refractivity contribution in [1.29, 1.82) is 0 Å². The lowest BCUT2D eigenvalue weighted by atomic mass is 10.0. The zero-order valence-corrected chi connectivity index (χ0v) is 10.0. The highest BCUT2D eigenvalue weighted by Crippen LogP contribution is 2.55. The summed E-state index contributed by atoms with van der Waals surface area (Å²) < 4.78 is 0. The van der Waals surface area contributed by atoms with Crippen LogP contribution in [0.2, 0.25) is 0 Å². The lowest BCUT2D eigenvalue weighted by Gasteiger charge is -2.16. The molecule has 2 saturated carbocycles. The SMILES string of the molecule is CC1CNCC1NC(=O)C1C2CCCCC21. The van der Waals surface area contributed by atoms with Crippen molar-refractivity contribution in [2.24, 2.45) is 23.7 Å². The minimum absolute atomic E-state index is 0.345. The normalized spacial score (nSPS) is 46.2. The molecule has 3 heteroatoms. The summed E-state index contributed by atoms with van der Waals surface area (Å²) in [4.78, 5) is 12.1. The van der Waals surface area contributed by atoms with Crippen molar-refractivity contribution in [2.45, 2.75) is 38.6 Å². The van der Waals surface area contributed by atoms with E-state index in [4.69, 9.17) is 0 Å². The lowest BCUT2D eigenvalue weighted by molar-refractivity contribution is -0.123. The average molecular weight is 222 g/mol. The molecule has 0 bridgehead atoms. The molecule has 0 aromatic rings. The third-order valence-electron chi connectivity index (χ3n) is 4.80. The van der Waals surface area contributed by atoms with Gasteiger partial charge in [-0.2, -0.15) is 0 Å². The fourth-order valence-corrected chi connectivity index (χ4v) is 3.66. The highest BCUT2D eigenvalue weighted by atomic mass is 16.2. The summed E-state index contributed by atoms with van der Waals surface area (Å²) in [6.45, 7) is 4.21. The molecule has 2 N–H and O–H groups in total. The molecule has 4 atom stereocenters. The van der Waals surface area contributed by atoms with Gasteiger partial charge in [-0.1, -0.05) is 19.8 Å².